The molecule has 0 bridgehead atoms. The van der Waals surface area contributed by atoms with Gasteiger partial charge in [-0.2, -0.15) is 0 Å². The maximum absolute atomic E-state index is 5.57. The van der Waals surface area contributed by atoms with Gasteiger partial charge in [0.25, 0.3) is 0 Å². The monoisotopic (exact) mass is 225 g/mol. The van der Waals surface area contributed by atoms with E-state index in [0.717, 1.165) is 31.6 Å². The summed E-state index contributed by atoms with van der Waals surface area (Å²) in [6, 6.07) is 0.685. The Kier molecular flexibility index (Phi) is 3.91. The predicted molar refractivity (Wildman–Crippen MR) is 67.5 cm³/mol. The third kappa shape index (κ3) is 2.43. The molecule has 0 aromatic heterocycles. The van der Waals surface area contributed by atoms with Gasteiger partial charge in [0.2, 0.25) is 0 Å². The quantitative estimate of drug-likeness (QED) is 0.794. The average Bonchev–Trinajstić information content (AvgIpc) is 2.84. The molecule has 2 heteroatoms. The van der Waals surface area contributed by atoms with Crippen molar-refractivity contribution in [2.45, 2.75) is 52.5 Å². The van der Waals surface area contributed by atoms with Gasteiger partial charge < -0.3 is 10.1 Å². The van der Waals surface area contributed by atoms with Crippen LogP contribution in [0.1, 0.15) is 46.5 Å². The molecule has 2 aliphatic rings. The second-order valence-corrected chi connectivity index (χ2v) is 6.19. The Morgan fingerprint density at radius 3 is 2.69 bits per heavy atom. The highest BCUT2D eigenvalue weighted by Crippen LogP contribution is 2.46. The molecule has 0 aromatic rings. The summed E-state index contributed by atoms with van der Waals surface area (Å²) < 4.78 is 5.57. The van der Waals surface area contributed by atoms with Crippen LogP contribution in [0.25, 0.3) is 0 Å². The van der Waals surface area contributed by atoms with Gasteiger partial charge in [-0.1, -0.05) is 27.2 Å². The standard InChI is InChI=1S/C14H27NO/c1-4-15-13(11-7-9-16-10-11)12-6-5-8-14(12,2)3/h11-13,15H,4-10H2,1-3H3. The molecule has 16 heavy (non-hydrogen) atoms. The maximum atomic E-state index is 5.57. The number of hydrogen-bond acceptors (Lipinski definition) is 2. The average molecular weight is 225 g/mol. The lowest BCUT2D eigenvalue weighted by atomic mass is 9.73. The van der Waals surface area contributed by atoms with E-state index in [9.17, 15) is 0 Å². The molecule has 0 spiro atoms. The lowest BCUT2D eigenvalue weighted by Crippen LogP contribution is -2.46. The van der Waals surface area contributed by atoms with Crippen molar-refractivity contribution in [3.05, 3.63) is 0 Å². The van der Waals surface area contributed by atoms with E-state index in [1.807, 2.05) is 0 Å². The normalized spacial score (nSPS) is 35.4. The largest absolute Gasteiger partial charge is 0.381 e. The van der Waals surface area contributed by atoms with Gasteiger partial charge in [0.15, 0.2) is 0 Å². The zero-order valence-electron chi connectivity index (χ0n) is 11.1. The fraction of sp³-hybridized carbons (Fsp3) is 1.00. The van der Waals surface area contributed by atoms with E-state index in [1.165, 1.54) is 25.7 Å². The van der Waals surface area contributed by atoms with Crippen LogP contribution in [0.4, 0.5) is 0 Å². The Morgan fingerprint density at radius 1 is 1.38 bits per heavy atom. The number of rotatable bonds is 4. The number of ether oxygens (including phenoxy) is 1. The first-order valence-electron chi connectivity index (χ1n) is 6.96. The second kappa shape index (κ2) is 5.05. The van der Waals surface area contributed by atoms with Crippen LogP contribution in [-0.4, -0.2) is 25.8 Å². The van der Waals surface area contributed by atoms with Crippen molar-refractivity contribution in [3.8, 4) is 0 Å². The molecule has 1 aliphatic heterocycles. The van der Waals surface area contributed by atoms with Crippen molar-refractivity contribution >= 4 is 0 Å². The van der Waals surface area contributed by atoms with E-state index in [-0.39, 0.29) is 0 Å². The highest BCUT2D eigenvalue weighted by atomic mass is 16.5. The van der Waals surface area contributed by atoms with E-state index in [4.69, 9.17) is 4.74 Å². The zero-order valence-corrected chi connectivity index (χ0v) is 11.1. The molecule has 1 heterocycles. The van der Waals surface area contributed by atoms with Crippen LogP contribution in [0, 0.1) is 17.3 Å². The van der Waals surface area contributed by atoms with Gasteiger partial charge in [-0.15, -0.1) is 0 Å². The summed E-state index contributed by atoms with van der Waals surface area (Å²) in [6.07, 6.45) is 5.46. The van der Waals surface area contributed by atoms with Gasteiger partial charge >= 0.3 is 0 Å². The number of hydrogen-bond donors (Lipinski definition) is 1. The molecular weight excluding hydrogens is 198 g/mol. The van der Waals surface area contributed by atoms with Gasteiger partial charge in [0, 0.05) is 18.6 Å². The second-order valence-electron chi connectivity index (χ2n) is 6.19. The van der Waals surface area contributed by atoms with E-state index < -0.39 is 0 Å². The smallest absolute Gasteiger partial charge is 0.0510 e. The third-order valence-corrected chi connectivity index (χ3v) is 4.69. The molecule has 3 unspecified atom stereocenters. The van der Waals surface area contributed by atoms with Crippen LogP contribution >= 0.6 is 0 Å². The van der Waals surface area contributed by atoms with E-state index in [0.29, 0.717) is 11.5 Å². The summed E-state index contributed by atoms with van der Waals surface area (Å²) in [5.41, 5.74) is 0.523. The van der Waals surface area contributed by atoms with Crippen LogP contribution in [0.3, 0.4) is 0 Å². The Balaban J connectivity index is 2.05. The van der Waals surface area contributed by atoms with Crippen molar-refractivity contribution in [1.82, 2.24) is 5.32 Å². The minimum Gasteiger partial charge on any atom is -0.381 e. The van der Waals surface area contributed by atoms with Gasteiger partial charge in [-0.25, -0.2) is 0 Å². The highest BCUT2D eigenvalue weighted by Gasteiger charge is 2.42. The van der Waals surface area contributed by atoms with Crippen LogP contribution in [0.5, 0.6) is 0 Å². The van der Waals surface area contributed by atoms with Crippen LogP contribution in [0.15, 0.2) is 0 Å². The molecule has 0 aromatic carbocycles. The summed E-state index contributed by atoms with van der Waals surface area (Å²) in [5.74, 6) is 1.60. The van der Waals surface area contributed by atoms with Crippen molar-refractivity contribution in [2.75, 3.05) is 19.8 Å². The lowest BCUT2D eigenvalue weighted by Gasteiger charge is -2.37. The first-order valence-corrected chi connectivity index (χ1v) is 6.96. The van der Waals surface area contributed by atoms with Crippen molar-refractivity contribution in [2.24, 2.45) is 17.3 Å². The van der Waals surface area contributed by atoms with E-state index >= 15 is 0 Å². The maximum Gasteiger partial charge on any atom is 0.0510 e. The van der Waals surface area contributed by atoms with Gasteiger partial charge in [-0.3, -0.25) is 0 Å². The van der Waals surface area contributed by atoms with Crippen molar-refractivity contribution in [1.29, 1.82) is 0 Å². The fourth-order valence-electron chi connectivity index (χ4n) is 3.73. The fourth-order valence-corrected chi connectivity index (χ4v) is 3.73. The summed E-state index contributed by atoms with van der Waals surface area (Å²) >= 11 is 0. The molecule has 1 saturated carbocycles. The first-order chi connectivity index (χ1) is 7.65. The molecule has 2 nitrogen and oxygen atoms in total. The summed E-state index contributed by atoms with van der Waals surface area (Å²) in [7, 11) is 0. The zero-order chi connectivity index (χ0) is 11.6. The molecule has 1 N–H and O–H groups in total. The predicted octanol–water partition coefficient (Wildman–Crippen LogP) is 2.83. The molecule has 3 atom stereocenters. The van der Waals surface area contributed by atoms with Gasteiger partial charge in [0.05, 0.1) is 6.61 Å². The van der Waals surface area contributed by atoms with E-state index in [1.54, 1.807) is 0 Å². The number of nitrogens with one attached hydrogen (secondary N) is 1. The molecule has 1 aliphatic carbocycles. The Morgan fingerprint density at radius 2 is 2.19 bits per heavy atom. The SMILES string of the molecule is CCNC(C1CCOC1)C1CCCC1(C)C. The van der Waals surface area contributed by atoms with Crippen LogP contribution < -0.4 is 5.32 Å². The molecule has 94 valence electrons. The summed E-state index contributed by atoms with van der Waals surface area (Å²) in [6.45, 7) is 10.2. The van der Waals surface area contributed by atoms with Crippen molar-refractivity contribution < 1.29 is 4.74 Å². The highest BCUT2D eigenvalue weighted by molar-refractivity contribution is 4.95. The van der Waals surface area contributed by atoms with E-state index in [2.05, 4.69) is 26.1 Å². The topological polar surface area (TPSA) is 21.3 Å². The summed E-state index contributed by atoms with van der Waals surface area (Å²) in [4.78, 5) is 0. The molecule has 0 amide bonds. The van der Waals surface area contributed by atoms with Gasteiger partial charge in [0.1, 0.15) is 0 Å². The molecule has 2 fully saturated rings. The van der Waals surface area contributed by atoms with Gasteiger partial charge in [-0.05, 0) is 37.1 Å². The van der Waals surface area contributed by atoms with Crippen molar-refractivity contribution in [3.63, 3.8) is 0 Å². The Labute approximate surface area is 100 Å². The molecular formula is C14H27NO. The summed E-state index contributed by atoms with van der Waals surface area (Å²) in [5, 5.41) is 3.74. The Bertz CT molecular complexity index is 221. The molecule has 1 saturated heterocycles. The van der Waals surface area contributed by atoms with Crippen LogP contribution in [-0.2, 0) is 4.74 Å². The molecule has 2 rings (SSSR count). The third-order valence-electron chi connectivity index (χ3n) is 4.69. The first kappa shape index (κ1) is 12.4. The lowest BCUT2D eigenvalue weighted by molar-refractivity contribution is 0.130. The molecule has 0 radical (unpaired) electrons. The minimum absolute atomic E-state index is 0.523. The van der Waals surface area contributed by atoms with Crippen LogP contribution in [0.2, 0.25) is 0 Å². The minimum atomic E-state index is 0.523. The Hall–Kier alpha value is -0.0800.